The van der Waals surface area contributed by atoms with Crippen molar-refractivity contribution in [2.24, 2.45) is 5.10 Å². The number of hydrazone groups is 1. The van der Waals surface area contributed by atoms with Gasteiger partial charge in [0.1, 0.15) is 5.02 Å². The van der Waals surface area contributed by atoms with Crippen molar-refractivity contribution in [1.82, 2.24) is 25.8 Å². The molecule has 0 aromatic carbocycles. The minimum absolute atomic E-state index is 0.0524. The van der Waals surface area contributed by atoms with E-state index in [1.54, 1.807) is 20.2 Å². The molecule has 3 N–H and O–H groups in total. The van der Waals surface area contributed by atoms with E-state index in [4.69, 9.17) is 11.6 Å². The fourth-order valence-corrected chi connectivity index (χ4v) is 2.66. The Hall–Kier alpha value is -2.55. The summed E-state index contributed by atoms with van der Waals surface area (Å²) in [5.41, 5.74) is 0.781. The van der Waals surface area contributed by atoms with E-state index in [1.165, 1.54) is 11.2 Å². The molecule has 0 bridgehead atoms. The molecule has 1 aliphatic rings. The van der Waals surface area contributed by atoms with Gasteiger partial charge in [-0.1, -0.05) is 11.6 Å². The van der Waals surface area contributed by atoms with Crippen LogP contribution in [-0.2, 0) is 0 Å². The van der Waals surface area contributed by atoms with Crippen molar-refractivity contribution in [2.75, 3.05) is 25.0 Å². The number of hydrogen-bond acceptors (Lipinski definition) is 6. The van der Waals surface area contributed by atoms with E-state index in [0.29, 0.717) is 24.5 Å². The summed E-state index contributed by atoms with van der Waals surface area (Å²) in [4.78, 5) is 25.4. The van der Waals surface area contributed by atoms with Crippen LogP contribution in [0.1, 0.15) is 13.3 Å². The smallest absolute Gasteiger partial charge is 0.319 e. The number of hydrogen-bond donors (Lipinski definition) is 3. The number of carbonyl (C=O) groups excluding carboxylic acids is 1. The van der Waals surface area contributed by atoms with Crippen molar-refractivity contribution >= 4 is 30.0 Å². The van der Waals surface area contributed by atoms with E-state index in [0.717, 1.165) is 6.42 Å². The molecule has 1 aromatic heterocycles. The molecule has 24 heavy (non-hydrogen) atoms. The summed E-state index contributed by atoms with van der Waals surface area (Å²) < 4.78 is 0. The molecule has 0 saturated carbocycles. The van der Waals surface area contributed by atoms with Gasteiger partial charge >= 0.3 is 6.03 Å². The number of rotatable bonds is 5. The number of aromatic amines is 1. The molecule has 0 radical (unpaired) electrons. The first kappa shape index (κ1) is 17.8. The third-order valence-corrected chi connectivity index (χ3v) is 3.92. The largest absolute Gasteiger partial charge is 0.367 e. The van der Waals surface area contributed by atoms with Crippen molar-refractivity contribution in [3.63, 3.8) is 0 Å². The first-order valence-electron chi connectivity index (χ1n) is 7.34. The van der Waals surface area contributed by atoms with Crippen LogP contribution in [0.2, 0.25) is 5.02 Å². The molecule has 1 aliphatic heterocycles. The average Bonchev–Trinajstić information content (AvgIpc) is 2.97. The Kier molecular flexibility index (Phi) is 5.80. The number of nitrogens with one attached hydrogen (secondary N) is 3. The number of anilines is 1. The second-order valence-electron chi connectivity index (χ2n) is 5.46. The number of aromatic nitrogens is 2. The van der Waals surface area contributed by atoms with E-state index < -0.39 is 5.56 Å². The first-order valence-corrected chi connectivity index (χ1v) is 7.72. The zero-order chi connectivity index (χ0) is 17.7. The van der Waals surface area contributed by atoms with Crippen LogP contribution in [0.5, 0.6) is 0 Å². The van der Waals surface area contributed by atoms with Gasteiger partial charge < -0.3 is 15.5 Å². The predicted molar refractivity (Wildman–Crippen MR) is 93.2 cm³/mol. The lowest BCUT2D eigenvalue weighted by Gasteiger charge is -2.19. The van der Waals surface area contributed by atoms with Crippen molar-refractivity contribution < 1.29 is 4.79 Å². The Balaban J connectivity index is 1.91. The van der Waals surface area contributed by atoms with E-state index in [1.807, 2.05) is 4.90 Å². The molecular formula is C14H20ClN7O2. The lowest BCUT2D eigenvalue weighted by atomic mass is 10.3. The van der Waals surface area contributed by atoms with Crippen LogP contribution < -0.4 is 21.1 Å². The summed E-state index contributed by atoms with van der Waals surface area (Å²) in [6.07, 6.45) is 3.90. The highest BCUT2D eigenvalue weighted by Gasteiger charge is 2.26. The summed E-state index contributed by atoms with van der Waals surface area (Å²) in [6.45, 7) is 6.36. The number of urea groups is 1. The summed E-state index contributed by atoms with van der Waals surface area (Å²) >= 11 is 6.01. The lowest BCUT2D eigenvalue weighted by molar-refractivity contribution is 0.240. The molecule has 0 aliphatic carbocycles. The van der Waals surface area contributed by atoms with Crippen LogP contribution in [0.15, 0.2) is 28.0 Å². The monoisotopic (exact) mass is 353 g/mol. The van der Waals surface area contributed by atoms with Gasteiger partial charge in [0.05, 0.1) is 11.9 Å². The molecule has 1 aromatic rings. The third-order valence-electron chi connectivity index (χ3n) is 3.56. The number of nitrogens with zero attached hydrogens (tertiary/aromatic N) is 4. The Morgan fingerprint density at radius 3 is 3.12 bits per heavy atom. The number of allylic oxidation sites excluding steroid dienone is 1. The Bertz CT molecular complexity index is 703. The minimum atomic E-state index is -0.427. The molecule has 2 rings (SSSR count). The van der Waals surface area contributed by atoms with Crippen molar-refractivity contribution in [1.29, 1.82) is 0 Å². The predicted octanol–water partition coefficient (Wildman–Crippen LogP) is 0.710. The topological polar surface area (TPSA) is 106 Å². The van der Waals surface area contributed by atoms with E-state index in [2.05, 4.69) is 32.6 Å². The average molecular weight is 354 g/mol. The number of amides is 2. The normalized spacial score (nSPS) is 17.5. The minimum Gasteiger partial charge on any atom is -0.367 e. The molecule has 0 spiro atoms. The Morgan fingerprint density at radius 1 is 1.67 bits per heavy atom. The van der Waals surface area contributed by atoms with Crippen LogP contribution in [0.3, 0.4) is 0 Å². The fourth-order valence-electron chi connectivity index (χ4n) is 2.45. The maximum absolute atomic E-state index is 12.0. The van der Waals surface area contributed by atoms with Gasteiger partial charge in [-0.2, -0.15) is 10.2 Å². The van der Waals surface area contributed by atoms with E-state index >= 15 is 0 Å². The van der Waals surface area contributed by atoms with Gasteiger partial charge in [0.25, 0.3) is 5.56 Å². The summed E-state index contributed by atoms with van der Waals surface area (Å²) in [7, 11) is 1.71. The van der Waals surface area contributed by atoms with E-state index in [9.17, 15) is 9.59 Å². The molecule has 9 nitrogen and oxygen atoms in total. The Labute approximate surface area is 144 Å². The summed E-state index contributed by atoms with van der Waals surface area (Å²) in [5.74, 6) is 0. The van der Waals surface area contributed by atoms with Gasteiger partial charge in [0.2, 0.25) is 0 Å². The summed E-state index contributed by atoms with van der Waals surface area (Å²) in [6, 6.07) is -0.355. The number of carbonyl (C=O) groups is 1. The first-order chi connectivity index (χ1) is 11.4. The third kappa shape index (κ3) is 4.48. The molecule has 1 fully saturated rings. The standard InChI is InChI=1S/C14H20ClN7O2/c1-9(7-21(3)16-2)18-14(24)19-10-4-5-22(8-10)11-6-17-20-13(23)12(11)15/h6-7,10H,2,4-5,8H2,1,3H3,(H,20,23)(H2,18,19,24)/b9-7+/t10-/m1/s1. The van der Waals surface area contributed by atoms with E-state index in [-0.39, 0.29) is 17.1 Å². The van der Waals surface area contributed by atoms with Gasteiger partial charge in [-0.05, 0) is 13.3 Å². The Morgan fingerprint density at radius 2 is 2.42 bits per heavy atom. The van der Waals surface area contributed by atoms with Crippen LogP contribution in [0.4, 0.5) is 10.5 Å². The maximum Gasteiger partial charge on any atom is 0.319 e. The van der Waals surface area contributed by atoms with Crippen molar-refractivity contribution in [3.8, 4) is 0 Å². The van der Waals surface area contributed by atoms with Gasteiger partial charge in [-0.15, -0.1) is 0 Å². The molecule has 130 valence electrons. The second kappa shape index (κ2) is 7.82. The highest BCUT2D eigenvalue weighted by atomic mass is 35.5. The highest BCUT2D eigenvalue weighted by Crippen LogP contribution is 2.24. The molecule has 2 heterocycles. The molecule has 1 saturated heterocycles. The SMILES string of the molecule is C=NN(C)/C=C(\C)NC(=O)N[C@@H]1CCN(c2cn[nH]c(=O)c2Cl)C1. The second-order valence-corrected chi connectivity index (χ2v) is 5.83. The molecule has 2 amide bonds. The van der Waals surface area contributed by atoms with Gasteiger partial charge in [-0.3, -0.25) is 9.80 Å². The molecule has 1 atom stereocenters. The number of H-pyrrole nitrogens is 1. The van der Waals surface area contributed by atoms with Crippen LogP contribution in [0, 0.1) is 0 Å². The zero-order valence-corrected chi connectivity index (χ0v) is 14.3. The van der Waals surface area contributed by atoms with Crippen molar-refractivity contribution in [2.45, 2.75) is 19.4 Å². The lowest BCUT2D eigenvalue weighted by Crippen LogP contribution is -2.43. The van der Waals surface area contributed by atoms with Crippen LogP contribution in [0.25, 0.3) is 0 Å². The van der Waals surface area contributed by atoms with Gasteiger partial charge in [0, 0.05) is 44.8 Å². The molecule has 0 unspecified atom stereocenters. The maximum atomic E-state index is 12.0. The van der Waals surface area contributed by atoms with Crippen LogP contribution >= 0.6 is 11.6 Å². The quantitative estimate of drug-likeness (QED) is 0.534. The highest BCUT2D eigenvalue weighted by molar-refractivity contribution is 6.33. The molecule has 10 heteroatoms. The van der Waals surface area contributed by atoms with Crippen molar-refractivity contribution in [3.05, 3.63) is 33.5 Å². The van der Waals surface area contributed by atoms with Crippen LogP contribution in [-0.4, -0.2) is 54.1 Å². The summed E-state index contributed by atoms with van der Waals surface area (Å²) in [5, 5.41) is 16.9. The number of halogens is 1. The molecular weight excluding hydrogens is 334 g/mol. The van der Waals surface area contributed by atoms with Gasteiger partial charge in [0.15, 0.2) is 0 Å². The zero-order valence-electron chi connectivity index (χ0n) is 13.5. The fraction of sp³-hybridized carbons (Fsp3) is 0.429. The van der Waals surface area contributed by atoms with Gasteiger partial charge in [-0.25, -0.2) is 9.89 Å².